The lowest BCUT2D eigenvalue weighted by Gasteiger charge is -2.37. The van der Waals surface area contributed by atoms with Crippen molar-refractivity contribution in [1.82, 2.24) is 9.62 Å². The highest BCUT2D eigenvalue weighted by molar-refractivity contribution is 7.88. The van der Waals surface area contributed by atoms with Gasteiger partial charge in [-0.15, -0.1) is 0 Å². The fraction of sp³-hybridized carbons (Fsp3) is 0.350. The Morgan fingerprint density at radius 1 is 1.00 bits per heavy atom. The van der Waals surface area contributed by atoms with Gasteiger partial charge in [0.25, 0.3) is 0 Å². The molecule has 144 valence electrons. The number of hydrogen-bond acceptors (Lipinski definition) is 4. The average molecular weight is 388 g/mol. The molecule has 1 fully saturated rings. The van der Waals surface area contributed by atoms with Gasteiger partial charge in [-0.05, 0) is 30.5 Å². The van der Waals surface area contributed by atoms with Gasteiger partial charge in [0, 0.05) is 24.8 Å². The van der Waals surface area contributed by atoms with E-state index in [-0.39, 0.29) is 11.9 Å². The fourth-order valence-electron chi connectivity index (χ4n) is 3.47. The summed E-state index contributed by atoms with van der Waals surface area (Å²) in [6.45, 7) is 1.30. The number of benzene rings is 2. The summed E-state index contributed by atoms with van der Waals surface area (Å²) in [6.07, 6.45) is 2.53. The van der Waals surface area contributed by atoms with E-state index in [4.69, 9.17) is 0 Å². The van der Waals surface area contributed by atoms with E-state index < -0.39 is 16.1 Å². The molecule has 1 saturated heterocycles. The SMILES string of the molecule is CS(=O)(=O)NC1CCN([C@@H](C(=O)Nc2ccccc2)c2ccccc2)CC1. The number of likely N-dealkylation sites (tertiary alicyclic amines) is 1. The lowest BCUT2D eigenvalue weighted by atomic mass is 9.99. The van der Waals surface area contributed by atoms with Crippen LogP contribution >= 0.6 is 0 Å². The van der Waals surface area contributed by atoms with Crippen molar-refractivity contribution >= 4 is 21.6 Å². The highest BCUT2D eigenvalue weighted by atomic mass is 32.2. The first kappa shape index (κ1) is 19.5. The van der Waals surface area contributed by atoms with Crippen molar-refractivity contribution in [2.24, 2.45) is 0 Å². The van der Waals surface area contributed by atoms with Crippen LogP contribution in [0, 0.1) is 0 Å². The van der Waals surface area contributed by atoms with Gasteiger partial charge in [0.2, 0.25) is 15.9 Å². The fourth-order valence-corrected chi connectivity index (χ4v) is 4.31. The van der Waals surface area contributed by atoms with E-state index in [1.165, 1.54) is 6.26 Å². The Balaban J connectivity index is 1.74. The third kappa shape index (κ3) is 5.63. The molecule has 0 bridgehead atoms. The summed E-state index contributed by atoms with van der Waals surface area (Å²) in [5, 5.41) is 3.00. The van der Waals surface area contributed by atoms with E-state index in [2.05, 4.69) is 14.9 Å². The van der Waals surface area contributed by atoms with E-state index in [1.54, 1.807) is 0 Å². The Morgan fingerprint density at radius 3 is 2.11 bits per heavy atom. The van der Waals surface area contributed by atoms with Crippen LogP contribution in [0.15, 0.2) is 60.7 Å². The number of carbonyl (C=O) groups is 1. The van der Waals surface area contributed by atoms with Gasteiger partial charge in [0.05, 0.1) is 6.26 Å². The number of rotatable bonds is 6. The van der Waals surface area contributed by atoms with E-state index in [1.807, 2.05) is 60.7 Å². The number of anilines is 1. The molecule has 2 aromatic rings. The molecule has 1 aliphatic heterocycles. The molecule has 0 radical (unpaired) electrons. The van der Waals surface area contributed by atoms with Gasteiger partial charge < -0.3 is 5.32 Å². The number of nitrogens with one attached hydrogen (secondary N) is 2. The van der Waals surface area contributed by atoms with Crippen LogP contribution < -0.4 is 10.0 Å². The Morgan fingerprint density at radius 2 is 1.56 bits per heavy atom. The first-order valence-corrected chi connectivity index (χ1v) is 10.9. The largest absolute Gasteiger partial charge is 0.324 e. The summed E-state index contributed by atoms with van der Waals surface area (Å²) in [4.78, 5) is 15.2. The van der Waals surface area contributed by atoms with Gasteiger partial charge in [0.1, 0.15) is 6.04 Å². The Bertz CT molecular complexity index is 849. The Hall–Kier alpha value is -2.22. The van der Waals surface area contributed by atoms with Gasteiger partial charge in [0.15, 0.2) is 0 Å². The smallest absolute Gasteiger partial charge is 0.246 e. The highest BCUT2D eigenvalue weighted by Gasteiger charge is 2.31. The number of para-hydroxylation sites is 1. The molecule has 3 rings (SSSR count). The topological polar surface area (TPSA) is 78.5 Å². The lowest BCUT2D eigenvalue weighted by molar-refractivity contribution is -0.122. The predicted octanol–water partition coefficient (Wildman–Crippen LogP) is 2.38. The van der Waals surface area contributed by atoms with Crippen molar-refractivity contribution in [2.75, 3.05) is 24.7 Å². The molecule has 0 aliphatic carbocycles. The molecule has 1 heterocycles. The molecule has 1 atom stereocenters. The quantitative estimate of drug-likeness (QED) is 0.798. The van der Waals surface area contributed by atoms with Crippen LogP contribution in [0.4, 0.5) is 5.69 Å². The summed E-state index contributed by atoms with van der Waals surface area (Å²) in [5.41, 5.74) is 1.69. The molecule has 2 aromatic carbocycles. The zero-order chi connectivity index (χ0) is 19.3. The third-order valence-electron chi connectivity index (χ3n) is 4.68. The molecular formula is C20H25N3O3S. The maximum atomic E-state index is 13.1. The second-order valence-corrected chi connectivity index (χ2v) is 8.65. The second-order valence-electron chi connectivity index (χ2n) is 6.87. The molecule has 7 heteroatoms. The minimum Gasteiger partial charge on any atom is -0.324 e. The first-order chi connectivity index (χ1) is 12.9. The first-order valence-electron chi connectivity index (χ1n) is 9.04. The molecule has 1 amide bonds. The van der Waals surface area contributed by atoms with Crippen LogP contribution in [-0.2, 0) is 14.8 Å². The number of hydrogen-bond donors (Lipinski definition) is 2. The van der Waals surface area contributed by atoms with Gasteiger partial charge in [-0.25, -0.2) is 13.1 Å². The van der Waals surface area contributed by atoms with Crippen LogP contribution in [0.1, 0.15) is 24.4 Å². The standard InChI is InChI=1S/C20H25N3O3S/c1-27(25,26)22-18-12-14-23(15-13-18)19(16-8-4-2-5-9-16)20(24)21-17-10-6-3-7-11-17/h2-11,18-19,22H,12-15H2,1H3,(H,21,24)/t19-/m1/s1. The lowest BCUT2D eigenvalue weighted by Crippen LogP contribution is -2.47. The number of amides is 1. The summed E-state index contributed by atoms with van der Waals surface area (Å²) in [5.74, 6) is -0.0816. The maximum Gasteiger partial charge on any atom is 0.246 e. The molecule has 27 heavy (non-hydrogen) atoms. The van der Waals surface area contributed by atoms with Crippen LogP contribution in [0.3, 0.4) is 0 Å². The minimum atomic E-state index is -3.22. The van der Waals surface area contributed by atoms with Gasteiger partial charge >= 0.3 is 0 Å². The maximum absolute atomic E-state index is 13.1. The summed E-state index contributed by atoms with van der Waals surface area (Å²) in [6, 6.07) is 18.6. The number of nitrogens with zero attached hydrogens (tertiary/aromatic N) is 1. The van der Waals surface area contributed by atoms with E-state index in [0.717, 1.165) is 11.3 Å². The van der Waals surface area contributed by atoms with Crippen molar-refractivity contribution in [1.29, 1.82) is 0 Å². The van der Waals surface area contributed by atoms with Crippen molar-refractivity contribution in [3.8, 4) is 0 Å². The number of sulfonamides is 1. The molecule has 0 saturated carbocycles. The monoisotopic (exact) mass is 387 g/mol. The normalized spacial score (nSPS) is 17.4. The van der Waals surface area contributed by atoms with Crippen LogP contribution in [0.25, 0.3) is 0 Å². The van der Waals surface area contributed by atoms with E-state index >= 15 is 0 Å². The third-order valence-corrected chi connectivity index (χ3v) is 5.44. The van der Waals surface area contributed by atoms with Crippen LogP contribution in [-0.4, -0.2) is 44.6 Å². The van der Waals surface area contributed by atoms with E-state index in [0.29, 0.717) is 25.9 Å². The summed E-state index contributed by atoms with van der Waals surface area (Å²) < 4.78 is 25.6. The zero-order valence-electron chi connectivity index (χ0n) is 15.3. The predicted molar refractivity (Wildman–Crippen MR) is 107 cm³/mol. The van der Waals surface area contributed by atoms with Crippen molar-refractivity contribution < 1.29 is 13.2 Å². The van der Waals surface area contributed by atoms with E-state index in [9.17, 15) is 13.2 Å². The number of piperidine rings is 1. The zero-order valence-corrected chi connectivity index (χ0v) is 16.2. The summed E-state index contributed by atoms with van der Waals surface area (Å²) in [7, 11) is -3.22. The molecule has 2 N–H and O–H groups in total. The molecule has 6 nitrogen and oxygen atoms in total. The van der Waals surface area contributed by atoms with Crippen molar-refractivity contribution in [2.45, 2.75) is 24.9 Å². The second kappa shape index (κ2) is 8.65. The van der Waals surface area contributed by atoms with Crippen molar-refractivity contribution in [3.05, 3.63) is 66.2 Å². The van der Waals surface area contributed by atoms with Gasteiger partial charge in [-0.2, -0.15) is 0 Å². The number of carbonyl (C=O) groups excluding carboxylic acids is 1. The highest BCUT2D eigenvalue weighted by Crippen LogP contribution is 2.26. The Kier molecular flexibility index (Phi) is 6.26. The van der Waals surface area contributed by atoms with Crippen molar-refractivity contribution in [3.63, 3.8) is 0 Å². The summed E-state index contributed by atoms with van der Waals surface area (Å²) >= 11 is 0. The molecular weight excluding hydrogens is 362 g/mol. The Labute approximate surface area is 160 Å². The molecule has 0 unspecified atom stereocenters. The van der Waals surface area contributed by atoms with Gasteiger partial charge in [-0.3, -0.25) is 9.69 Å². The molecule has 1 aliphatic rings. The molecule has 0 aromatic heterocycles. The minimum absolute atomic E-state index is 0.0788. The molecule has 0 spiro atoms. The average Bonchev–Trinajstić information content (AvgIpc) is 2.64. The van der Waals surface area contributed by atoms with Gasteiger partial charge in [-0.1, -0.05) is 48.5 Å². The van der Waals surface area contributed by atoms with Crippen LogP contribution in [0.5, 0.6) is 0 Å². The van der Waals surface area contributed by atoms with Crippen LogP contribution in [0.2, 0.25) is 0 Å².